The van der Waals surface area contributed by atoms with Crippen LogP contribution in [0.5, 0.6) is 5.75 Å². The summed E-state index contributed by atoms with van der Waals surface area (Å²) in [6.07, 6.45) is 9.70. The lowest BCUT2D eigenvalue weighted by Crippen LogP contribution is -2.23. The minimum atomic E-state index is -0.673. The van der Waals surface area contributed by atoms with Crippen molar-refractivity contribution >= 4 is 0 Å². The topological polar surface area (TPSA) is 27.7 Å². The van der Waals surface area contributed by atoms with E-state index in [-0.39, 0.29) is 35.6 Å². The second-order valence-corrected chi connectivity index (χ2v) is 11.0. The normalized spacial score (nSPS) is 23.9. The maximum atomic E-state index is 15.2. The first-order valence-corrected chi connectivity index (χ1v) is 14.6. The SMILES string of the molecule is CCCCOc1ccc(COC2CCC(c3ccc(C4CCC(OCCC)CC4)c(F)c3F)CC2)cc1F. The number of hydrogen-bond acceptors (Lipinski definition) is 3. The predicted octanol–water partition coefficient (Wildman–Crippen LogP) is 8.98. The summed E-state index contributed by atoms with van der Waals surface area (Å²) in [5.41, 5.74) is 1.78. The minimum absolute atomic E-state index is 0.00595. The Morgan fingerprint density at radius 2 is 1.26 bits per heavy atom. The molecule has 0 spiro atoms. The Morgan fingerprint density at radius 3 is 1.79 bits per heavy atom. The molecule has 2 saturated carbocycles. The molecule has 0 N–H and O–H groups in total. The van der Waals surface area contributed by atoms with Crippen molar-refractivity contribution in [2.45, 2.75) is 115 Å². The maximum absolute atomic E-state index is 15.2. The Morgan fingerprint density at radius 1 is 0.684 bits per heavy atom. The highest BCUT2D eigenvalue weighted by Gasteiger charge is 2.30. The van der Waals surface area contributed by atoms with Gasteiger partial charge in [0, 0.05) is 6.61 Å². The molecule has 0 radical (unpaired) electrons. The average molecular weight is 533 g/mol. The molecule has 2 aliphatic rings. The zero-order valence-electron chi connectivity index (χ0n) is 23.0. The highest BCUT2D eigenvalue weighted by atomic mass is 19.2. The van der Waals surface area contributed by atoms with Gasteiger partial charge in [0.1, 0.15) is 0 Å². The van der Waals surface area contributed by atoms with E-state index in [1.54, 1.807) is 6.07 Å². The molecule has 3 nitrogen and oxygen atoms in total. The largest absolute Gasteiger partial charge is 0.491 e. The van der Waals surface area contributed by atoms with Crippen LogP contribution < -0.4 is 4.74 Å². The third-order valence-corrected chi connectivity index (χ3v) is 8.17. The van der Waals surface area contributed by atoms with E-state index in [0.717, 1.165) is 82.8 Å². The molecule has 6 heteroatoms. The van der Waals surface area contributed by atoms with Gasteiger partial charge in [-0.1, -0.05) is 38.5 Å². The summed E-state index contributed by atoms with van der Waals surface area (Å²) in [5, 5.41) is 0. The molecule has 0 unspecified atom stereocenters. The molecule has 0 bridgehead atoms. The third kappa shape index (κ3) is 7.53. The Hall–Kier alpha value is -2.05. The van der Waals surface area contributed by atoms with Crippen LogP contribution in [0.1, 0.15) is 113 Å². The quantitative estimate of drug-likeness (QED) is 0.255. The highest BCUT2D eigenvalue weighted by Crippen LogP contribution is 2.40. The van der Waals surface area contributed by atoms with Crippen LogP contribution >= 0.6 is 0 Å². The average Bonchev–Trinajstić information content (AvgIpc) is 2.94. The number of ether oxygens (including phenoxy) is 3. The molecule has 4 rings (SSSR count). The van der Waals surface area contributed by atoms with Gasteiger partial charge in [0.25, 0.3) is 0 Å². The Kier molecular flexibility index (Phi) is 10.9. The van der Waals surface area contributed by atoms with Gasteiger partial charge in [-0.05, 0) is 105 Å². The molecule has 2 fully saturated rings. The molecule has 0 aliphatic heterocycles. The van der Waals surface area contributed by atoms with Crippen molar-refractivity contribution in [1.82, 2.24) is 0 Å². The fourth-order valence-corrected chi connectivity index (χ4v) is 5.87. The minimum Gasteiger partial charge on any atom is -0.491 e. The molecular weight excluding hydrogens is 489 g/mol. The van der Waals surface area contributed by atoms with Gasteiger partial charge in [-0.15, -0.1) is 0 Å². The van der Waals surface area contributed by atoms with Crippen molar-refractivity contribution in [2.75, 3.05) is 13.2 Å². The second-order valence-electron chi connectivity index (χ2n) is 11.0. The predicted molar refractivity (Wildman–Crippen MR) is 144 cm³/mol. The smallest absolute Gasteiger partial charge is 0.165 e. The second kappa shape index (κ2) is 14.4. The van der Waals surface area contributed by atoms with Gasteiger partial charge in [-0.25, -0.2) is 13.2 Å². The Bertz CT molecular complexity index is 1010. The summed E-state index contributed by atoms with van der Waals surface area (Å²) in [5.74, 6) is -1.38. The van der Waals surface area contributed by atoms with Gasteiger partial charge < -0.3 is 14.2 Å². The summed E-state index contributed by atoms with van der Waals surface area (Å²) in [6.45, 7) is 5.76. The Labute approximate surface area is 226 Å². The third-order valence-electron chi connectivity index (χ3n) is 8.17. The molecule has 0 atom stereocenters. The molecule has 0 heterocycles. The van der Waals surface area contributed by atoms with E-state index < -0.39 is 11.6 Å². The fraction of sp³-hybridized carbons (Fsp3) is 0.625. The van der Waals surface area contributed by atoms with Crippen LogP contribution in [0.25, 0.3) is 0 Å². The summed E-state index contributed by atoms with van der Waals surface area (Å²) >= 11 is 0. The van der Waals surface area contributed by atoms with Crippen LogP contribution in [0.15, 0.2) is 30.3 Å². The van der Waals surface area contributed by atoms with Crippen LogP contribution in [-0.2, 0) is 16.1 Å². The standard InChI is InChI=1S/C32H43F3O3/c1-3-5-19-37-30-17-6-22(20-29(30)33)21-38-26-13-9-24(10-14-26)28-16-15-27(31(34)32(28)35)23-7-11-25(12-8-23)36-18-4-2/h6,15-17,20,23-26H,3-5,7-14,18-19,21H2,1-2H3. The van der Waals surface area contributed by atoms with Gasteiger partial charge in [0.2, 0.25) is 0 Å². The highest BCUT2D eigenvalue weighted by molar-refractivity contribution is 5.32. The monoisotopic (exact) mass is 532 g/mol. The van der Waals surface area contributed by atoms with Crippen molar-refractivity contribution in [2.24, 2.45) is 0 Å². The van der Waals surface area contributed by atoms with Crippen LogP contribution in [0.3, 0.4) is 0 Å². The summed E-state index contributed by atoms with van der Waals surface area (Å²) < 4.78 is 62.0. The molecule has 210 valence electrons. The lowest BCUT2D eigenvalue weighted by molar-refractivity contribution is 0.0129. The van der Waals surface area contributed by atoms with E-state index in [1.807, 2.05) is 18.2 Å². The van der Waals surface area contributed by atoms with Gasteiger partial charge in [0.05, 0.1) is 25.4 Å². The number of hydrogen-bond donors (Lipinski definition) is 0. The van der Waals surface area contributed by atoms with E-state index in [0.29, 0.717) is 24.3 Å². The van der Waals surface area contributed by atoms with Crippen molar-refractivity contribution in [3.8, 4) is 5.75 Å². The van der Waals surface area contributed by atoms with Crippen LogP contribution in [-0.4, -0.2) is 25.4 Å². The van der Waals surface area contributed by atoms with Crippen LogP contribution in [0, 0.1) is 17.5 Å². The van der Waals surface area contributed by atoms with E-state index >= 15 is 8.78 Å². The molecule has 0 amide bonds. The van der Waals surface area contributed by atoms with Gasteiger partial charge in [0.15, 0.2) is 23.2 Å². The van der Waals surface area contributed by atoms with E-state index in [2.05, 4.69) is 13.8 Å². The molecule has 2 aromatic carbocycles. The number of rotatable bonds is 12. The molecule has 38 heavy (non-hydrogen) atoms. The molecule has 0 aromatic heterocycles. The first kappa shape index (κ1) is 28.9. The number of benzene rings is 2. The zero-order chi connectivity index (χ0) is 26.9. The van der Waals surface area contributed by atoms with Crippen molar-refractivity contribution in [3.63, 3.8) is 0 Å². The van der Waals surface area contributed by atoms with Gasteiger partial charge >= 0.3 is 0 Å². The number of halogens is 3. The molecular formula is C32H43F3O3. The fourth-order valence-electron chi connectivity index (χ4n) is 5.87. The number of unbranched alkanes of at least 4 members (excludes halogenated alkanes) is 1. The van der Waals surface area contributed by atoms with Crippen molar-refractivity contribution in [3.05, 3.63) is 64.5 Å². The van der Waals surface area contributed by atoms with Gasteiger partial charge in [-0.2, -0.15) is 0 Å². The van der Waals surface area contributed by atoms with Crippen molar-refractivity contribution in [1.29, 1.82) is 0 Å². The Balaban J connectivity index is 1.26. The van der Waals surface area contributed by atoms with Crippen molar-refractivity contribution < 1.29 is 27.4 Å². The summed E-state index contributed by atoms with van der Waals surface area (Å²) in [7, 11) is 0. The zero-order valence-corrected chi connectivity index (χ0v) is 23.0. The van der Waals surface area contributed by atoms with E-state index in [4.69, 9.17) is 14.2 Å². The van der Waals surface area contributed by atoms with E-state index in [1.165, 1.54) is 6.07 Å². The molecule has 2 aromatic rings. The van der Waals surface area contributed by atoms with Gasteiger partial charge in [-0.3, -0.25) is 0 Å². The van der Waals surface area contributed by atoms with E-state index in [9.17, 15) is 4.39 Å². The lowest BCUT2D eigenvalue weighted by Gasteiger charge is -2.31. The summed E-state index contributed by atoms with van der Waals surface area (Å²) in [6, 6.07) is 8.59. The van der Waals surface area contributed by atoms with Crippen LogP contribution in [0.2, 0.25) is 0 Å². The van der Waals surface area contributed by atoms with Crippen LogP contribution in [0.4, 0.5) is 13.2 Å². The lowest BCUT2D eigenvalue weighted by atomic mass is 9.79. The molecule has 2 aliphatic carbocycles. The first-order chi connectivity index (χ1) is 18.5. The maximum Gasteiger partial charge on any atom is 0.165 e. The molecule has 0 saturated heterocycles. The summed E-state index contributed by atoms with van der Waals surface area (Å²) in [4.78, 5) is 0. The first-order valence-electron chi connectivity index (χ1n) is 14.6.